The summed E-state index contributed by atoms with van der Waals surface area (Å²) in [7, 11) is 1.34. The molecule has 0 radical (unpaired) electrons. The lowest BCUT2D eigenvalue weighted by molar-refractivity contribution is -0.127. The lowest BCUT2D eigenvalue weighted by Gasteiger charge is -2.12. The summed E-state index contributed by atoms with van der Waals surface area (Å²) in [5, 5.41) is 11.5. The van der Waals surface area contributed by atoms with E-state index in [2.05, 4.69) is 5.32 Å². The molecule has 1 aliphatic heterocycles. The maximum Gasteiger partial charge on any atom is 0.294 e. The number of imide groups is 1. The molecule has 1 aliphatic rings. The first-order valence-corrected chi connectivity index (χ1v) is 9.36. The molecule has 7 nitrogen and oxygen atoms in total. The average Bonchev–Trinajstić information content (AvgIpc) is 2.93. The summed E-state index contributed by atoms with van der Waals surface area (Å²) in [5.41, 5.74) is 0.372. The molecule has 3 amide bonds. The second kappa shape index (κ2) is 8.54. The zero-order valence-electron chi connectivity index (χ0n) is 14.9. The number of hydrogen-bond acceptors (Lipinski definition) is 6. The third kappa shape index (κ3) is 4.52. The first kappa shape index (κ1) is 20.7. The van der Waals surface area contributed by atoms with Crippen LogP contribution in [0.4, 0.5) is 14.9 Å². The number of nitrogens with one attached hydrogen (secondary N) is 1. The van der Waals surface area contributed by atoms with E-state index in [0.29, 0.717) is 17.3 Å². The number of thioether (sulfide) groups is 1. The number of ether oxygens (including phenoxy) is 1. The largest absolute Gasteiger partial charge is 0.503 e. The van der Waals surface area contributed by atoms with Gasteiger partial charge in [-0.2, -0.15) is 0 Å². The van der Waals surface area contributed by atoms with Crippen LogP contribution in [0.15, 0.2) is 41.3 Å². The molecule has 2 N–H and O–H groups in total. The van der Waals surface area contributed by atoms with Crippen LogP contribution >= 0.6 is 23.4 Å². The minimum atomic E-state index is -0.715. The fourth-order valence-corrected chi connectivity index (χ4v) is 3.57. The summed E-state index contributed by atoms with van der Waals surface area (Å²) in [6.45, 7) is -0.560. The van der Waals surface area contributed by atoms with Crippen molar-refractivity contribution in [3.05, 3.63) is 57.7 Å². The van der Waals surface area contributed by atoms with E-state index in [0.717, 1.165) is 4.90 Å². The maximum absolute atomic E-state index is 13.6. The predicted octanol–water partition coefficient (Wildman–Crippen LogP) is 3.87. The van der Waals surface area contributed by atoms with Gasteiger partial charge in [-0.3, -0.25) is 19.3 Å². The monoisotopic (exact) mass is 436 g/mol. The molecule has 2 aromatic rings. The Labute approximate surface area is 174 Å². The summed E-state index contributed by atoms with van der Waals surface area (Å²) < 4.78 is 18.6. The van der Waals surface area contributed by atoms with E-state index in [1.54, 1.807) is 6.07 Å². The van der Waals surface area contributed by atoms with Crippen molar-refractivity contribution >= 4 is 52.2 Å². The normalized spacial score (nSPS) is 15.1. The van der Waals surface area contributed by atoms with Gasteiger partial charge in [0.1, 0.15) is 12.4 Å². The van der Waals surface area contributed by atoms with E-state index in [1.807, 2.05) is 0 Å². The van der Waals surface area contributed by atoms with Crippen LogP contribution in [0.25, 0.3) is 6.08 Å². The zero-order valence-corrected chi connectivity index (χ0v) is 16.5. The summed E-state index contributed by atoms with van der Waals surface area (Å²) >= 11 is 6.57. The van der Waals surface area contributed by atoms with E-state index >= 15 is 0 Å². The number of hydrogen-bond donors (Lipinski definition) is 2. The number of carbonyl (C=O) groups is 3. The van der Waals surface area contributed by atoms with Crippen molar-refractivity contribution in [3.8, 4) is 11.5 Å². The Morgan fingerprint density at radius 2 is 2.07 bits per heavy atom. The summed E-state index contributed by atoms with van der Waals surface area (Å²) in [6.07, 6.45) is 1.40. The number of amides is 3. The molecule has 0 aromatic heterocycles. The van der Waals surface area contributed by atoms with Crippen molar-refractivity contribution in [3.63, 3.8) is 0 Å². The highest BCUT2D eigenvalue weighted by Crippen LogP contribution is 2.37. The Balaban J connectivity index is 1.76. The lowest BCUT2D eigenvalue weighted by atomic mass is 10.2. The van der Waals surface area contributed by atoms with Crippen LogP contribution in [0.3, 0.4) is 0 Å². The molecule has 0 spiro atoms. The van der Waals surface area contributed by atoms with E-state index < -0.39 is 29.4 Å². The van der Waals surface area contributed by atoms with Gasteiger partial charge in [0.25, 0.3) is 11.1 Å². The van der Waals surface area contributed by atoms with Gasteiger partial charge in [-0.15, -0.1) is 0 Å². The number of halogens is 2. The van der Waals surface area contributed by atoms with Gasteiger partial charge < -0.3 is 15.2 Å². The third-order valence-electron chi connectivity index (χ3n) is 3.89. The first-order valence-electron chi connectivity index (χ1n) is 8.16. The zero-order chi connectivity index (χ0) is 21.1. The molecular weight excluding hydrogens is 423 g/mol. The molecule has 0 bridgehead atoms. The highest BCUT2D eigenvalue weighted by molar-refractivity contribution is 8.18. The van der Waals surface area contributed by atoms with Gasteiger partial charge in [-0.25, -0.2) is 4.39 Å². The standard InChI is InChI=1S/C19H14ClFN2O5S/c1-28-14-7-10(6-11(20)17(14)25)8-15-18(26)23(19(27)29-15)9-16(24)22-13-5-3-2-4-12(13)21/h2-8,25H,9H2,1H3,(H,22,24). The van der Waals surface area contributed by atoms with Crippen LogP contribution in [0.1, 0.15) is 5.56 Å². The van der Waals surface area contributed by atoms with Crippen LogP contribution in [0.5, 0.6) is 11.5 Å². The molecule has 29 heavy (non-hydrogen) atoms. The van der Waals surface area contributed by atoms with Crippen LogP contribution in [0, 0.1) is 5.82 Å². The third-order valence-corrected chi connectivity index (χ3v) is 5.09. The molecule has 1 saturated heterocycles. The minimum Gasteiger partial charge on any atom is -0.503 e. The van der Waals surface area contributed by atoms with Gasteiger partial charge in [-0.1, -0.05) is 23.7 Å². The van der Waals surface area contributed by atoms with Gasteiger partial charge >= 0.3 is 0 Å². The fraction of sp³-hybridized carbons (Fsp3) is 0.105. The number of aromatic hydroxyl groups is 1. The van der Waals surface area contributed by atoms with Crippen molar-refractivity contribution < 1.29 is 28.6 Å². The first-order chi connectivity index (χ1) is 13.8. The Hall–Kier alpha value is -3.04. The molecule has 150 valence electrons. The molecule has 3 rings (SSSR count). The number of anilines is 1. The lowest BCUT2D eigenvalue weighted by Crippen LogP contribution is -2.36. The van der Waals surface area contributed by atoms with Crippen molar-refractivity contribution in [2.24, 2.45) is 0 Å². The highest BCUT2D eigenvalue weighted by Gasteiger charge is 2.36. The van der Waals surface area contributed by atoms with E-state index in [-0.39, 0.29) is 27.1 Å². The molecule has 10 heteroatoms. The molecule has 0 saturated carbocycles. The molecule has 2 aromatic carbocycles. The number of rotatable bonds is 5. The molecule has 1 heterocycles. The molecular formula is C19H14ClFN2O5S. The Morgan fingerprint density at radius 3 is 2.76 bits per heavy atom. The maximum atomic E-state index is 13.6. The quantitative estimate of drug-likeness (QED) is 0.691. The number of carbonyl (C=O) groups excluding carboxylic acids is 3. The Kier molecular flexibility index (Phi) is 6.09. The number of phenols is 1. The average molecular weight is 437 g/mol. The smallest absolute Gasteiger partial charge is 0.294 e. The second-order valence-corrected chi connectivity index (χ2v) is 7.25. The second-order valence-electron chi connectivity index (χ2n) is 5.85. The van der Waals surface area contributed by atoms with Gasteiger partial charge in [0.05, 0.1) is 22.7 Å². The topological polar surface area (TPSA) is 95.9 Å². The molecule has 0 atom stereocenters. The molecule has 1 fully saturated rings. The van der Waals surface area contributed by atoms with Crippen molar-refractivity contribution in [2.45, 2.75) is 0 Å². The predicted molar refractivity (Wildman–Crippen MR) is 107 cm³/mol. The Morgan fingerprint density at radius 1 is 1.34 bits per heavy atom. The summed E-state index contributed by atoms with van der Waals surface area (Å²) in [5.74, 6) is -2.16. The number of para-hydroxylation sites is 1. The summed E-state index contributed by atoms with van der Waals surface area (Å²) in [6, 6.07) is 8.40. The number of nitrogens with zero attached hydrogens (tertiary/aromatic N) is 1. The van der Waals surface area contributed by atoms with Crippen molar-refractivity contribution in [2.75, 3.05) is 19.0 Å². The van der Waals surface area contributed by atoms with Crippen LogP contribution in [0.2, 0.25) is 5.02 Å². The van der Waals surface area contributed by atoms with Crippen molar-refractivity contribution in [1.29, 1.82) is 0 Å². The van der Waals surface area contributed by atoms with Gasteiger partial charge in [0.2, 0.25) is 5.91 Å². The van der Waals surface area contributed by atoms with E-state index in [9.17, 15) is 23.9 Å². The number of methoxy groups -OCH3 is 1. The number of phenolic OH excluding ortho intramolecular Hbond substituents is 1. The molecule has 0 unspecified atom stereocenters. The van der Waals surface area contributed by atoms with Crippen LogP contribution in [-0.2, 0) is 9.59 Å². The van der Waals surface area contributed by atoms with Gasteiger partial charge in [0.15, 0.2) is 11.5 Å². The van der Waals surface area contributed by atoms with Crippen molar-refractivity contribution in [1.82, 2.24) is 4.90 Å². The van der Waals surface area contributed by atoms with E-state index in [4.69, 9.17) is 16.3 Å². The van der Waals surface area contributed by atoms with Gasteiger partial charge in [0, 0.05) is 0 Å². The van der Waals surface area contributed by atoms with Crippen LogP contribution < -0.4 is 10.1 Å². The minimum absolute atomic E-state index is 0.0131. The molecule has 0 aliphatic carbocycles. The number of benzene rings is 2. The summed E-state index contributed by atoms with van der Waals surface area (Å²) in [4.78, 5) is 37.6. The van der Waals surface area contributed by atoms with Gasteiger partial charge in [-0.05, 0) is 47.7 Å². The van der Waals surface area contributed by atoms with Crippen LogP contribution in [-0.4, -0.2) is 40.7 Å². The van der Waals surface area contributed by atoms with E-state index in [1.165, 1.54) is 43.5 Å². The Bertz CT molecular complexity index is 1040. The SMILES string of the molecule is COc1cc(C=C2SC(=O)N(CC(=O)Nc3ccccc3F)C2=O)cc(Cl)c1O. The fourth-order valence-electron chi connectivity index (χ4n) is 2.52. The highest BCUT2D eigenvalue weighted by atomic mass is 35.5.